The Kier molecular flexibility index (Phi) is 6.35. The molecule has 0 aliphatic carbocycles. The van der Waals surface area contributed by atoms with Gasteiger partial charge in [0.25, 0.3) is 0 Å². The summed E-state index contributed by atoms with van der Waals surface area (Å²) in [4.78, 5) is 25.5. The van der Waals surface area contributed by atoms with Crippen LogP contribution in [0.25, 0.3) is 11.0 Å². The molecule has 10 nitrogen and oxygen atoms in total. The number of urea groups is 1. The molecule has 0 radical (unpaired) electrons. The summed E-state index contributed by atoms with van der Waals surface area (Å²) in [6.45, 7) is 1.36. The summed E-state index contributed by atoms with van der Waals surface area (Å²) in [6.07, 6.45) is 0.548. The highest BCUT2D eigenvalue weighted by molar-refractivity contribution is 7.89. The average Bonchev–Trinajstić information content (AvgIpc) is 3.28. The predicted molar refractivity (Wildman–Crippen MR) is 120 cm³/mol. The van der Waals surface area contributed by atoms with Crippen LogP contribution in [0.2, 0.25) is 0 Å². The fourth-order valence-corrected chi connectivity index (χ4v) is 5.74. The SMILES string of the molecule is NC(=O)c1cccc(CCNC(=O)N2CCN(S(=O)(=O)c3cccc4nsnc34)CC2)c1. The number of hydrogen-bond acceptors (Lipinski definition) is 7. The van der Waals surface area contributed by atoms with E-state index in [0.29, 0.717) is 29.6 Å². The molecule has 3 aromatic rings. The highest BCUT2D eigenvalue weighted by atomic mass is 32.2. The lowest BCUT2D eigenvalue weighted by molar-refractivity contribution is 0.1000. The van der Waals surface area contributed by atoms with Gasteiger partial charge in [0.2, 0.25) is 15.9 Å². The average molecular weight is 475 g/mol. The molecular formula is C20H22N6O4S2. The van der Waals surface area contributed by atoms with Gasteiger partial charge in [0.05, 0.1) is 11.7 Å². The largest absolute Gasteiger partial charge is 0.366 e. The van der Waals surface area contributed by atoms with Crippen molar-refractivity contribution >= 4 is 44.7 Å². The van der Waals surface area contributed by atoms with E-state index in [1.807, 2.05) is 6.07 Å². The standard InChI is InChI=1S/C20H22N6O4S2/c21-19(27)15-4-1-3-14(13-15)7-8-22-20(28)25-9-11-26(12-10-25)32(29,30)17-6-2-5-16-18(17)24-31-23-16/h1-6,13H,7-12H2,(H2,21,27)(H,22,28). The molecule has 1 fully saturated rings. The van der Waals surface area contributed by atoms with Crippen molar-refractivity contribution in [1.82, 2.24) is 23.3 Å². The van der Waals surface area contributed by atoms with Crippen molar-refractivity contribution in [3.63, 3.8) is 0 Å². The summed E-state index contributed by atoms with van der Waals surface area (Å²) in [5.74, 6) is -0.494. The number of hydrogen-bond donors (Lipinski definition) is 2. The van der Waals surface area contributed by atoms with E-state index in [1.54, 1.807) is 35.2 Å². The molecule has 1 aromatic heterocycles. The van der Waals surface area contributed by atoms with Crippen LogP contribution in [-0.2, 0) is 16.4 Å². The van der Waals surface area contributed by atoms with Crippen molar-refractivity contribution in [1.29, 1.82) is 0 Å². The molecule has 0 unspecified atom stereocenters. The van der Waals surface area contributed by atoms with Gasteiger partial charge in [-0.3, -0.25) is 4.79 Å². The van der Waals surface area contributed by atoms with Crippen molar-refractivity contribution in [2.24, 2.45) is 5.73 Å². The molecule has 3 amide bonds. The summed E-state index contributed by atoms with van der Waals surface area (Å²) in [5, 5.41) is 2.84. The number of fused-ring (bicyclic) bond motifs is 1. The first-order valence-electron chi connectivity index (χ1n) is 9.99. The third kappa shape index (κ3) is 4.56. The topological polar surface area (TPSA) is 139 Å². The fraction of sp³-hybridized carbons (Fsp3) is 0.300. The van der Waals surface area contributed by atoms with Crippen LogP contribution in [0.15, 0.2) is 47.4 Å². The number of amides is 3. The molecule has 32 heavy (non-hydrogen) atoms. The van der Waals surface area contributed by atoms with Crippen LogP contribution in [0.3, 0.4) is 0 Å². The Morgan fingerprint density at radius 3 is 2.56 bits per heavy atom. The highest BCUT2D eigenvalue weighted by Gasteiger charge is 2.31. The third-order valence-corrected chi connectivity index (χ3v) is 7.77. The van der Waals surface area contributed by atoms with E-state index in [-0.39, 0.29) is 37.1 Å². The number of piperazine rings is 1. The van der Waals surface area contributed by atoms with Gasteiger partial charge in [-0.25, -0.2) is 13.2 Å². The first kappa shape index (κ1) is 22.1. The third-order valence-electron chi connectivity index (χ3n) is 5.29. The van der Waals surface area contributed by atoms with E-state index >= 15 is 0 Å². The molecule has 12 heteroatoms. The van der Waals surface area contributed by atoms with Crippen LogP contribution in [0, 0.1) is 0 Å². The number of benzene rings is 2. The van der Waals surface area contributed by atoms with Crippen molar-refractivity contribution in [2.45, 2.75) is 11.3 Å². The Balaban J connectivity index is 1.31. The van der Waals surface area contributed by atoms with Crippen molar-refractivity contribution in [2.75, 3.05) is 32.7 Å². The zero-order valence-corrected chi connectivity index (χ0v) is 18.7. The Bertz CT molecular complexity index is 1250. The maximum atomic E-state index is 13.1. The molecule has 0 bridgehead atoms. The molecular weight excluding hydrogens is 452 g/mol. The quantitative estimate of drug-likeness (QED) is 0.548. The van der Waals surface area contributed by atoms with E-state index < -0.39 is 15.9 Å². The smallest absolute Gasteiger partial charge is 0.317 e. The molecule has 1 aliphatic rings. The van der Waals surface area contributed by atoms with Gasteiger partial charge in [0.15, 0.2) is 0 Å². The molecule has 2 heterocycles. The van der Waals surface area contributed by atoms with Crippen molar-refractivity contribution in [3.8, 4) is 0 Å². The fourth-order valence-electron chi connectivity index (χ4n) is 3.57. The normalized spacial score (nSPS) is 15.1. The predicted octanol–water partition coefficient (Wildman–Crippen LogP) is 1.05. The van der Waals surface area contributed by atoms with E-state index in [4.69, 9.17) is 5.73 Å². The van der Waals surface area contributed by atoms with Gasteiger partial charge in [-0.15, -0.1) is 0 Å². The number of nitrogens with zero attached hydrogens (tertiary/aromatic N) is 4. The maximum Gasteiger partial charge on any atom is 0.317 e. The molecule has 0 saturated carbocycles. The number of primary amides is 1. The Labute approximate surface area is 189 Å². The second kappa shape index (κ2) is 9.18. The van der Waals surface area contributed by atoms with Crippen LogP contribution >= 0.6 is 11.7 Å². The van der Waals surface area contributed by atoms with E-state index in [1.165, 1.54) is 10.4 Å². The summed E-state index contributed by atoms with van der Waals surface area (Å²) in [6, 6.07) is 11.6. The number of carbonyl (C=O) groups excluding carboxylic acids is 2. The molecule has 2 aromatic carbocycles. The zero-order chi connectivity index (χ0) is 22.7. The summed E-state index contributed by atoms with van der Waals surface area (Å²) < 4.78 is 35.8. The van der Waals surface area contributed by atoms with Gasteiger partial charge in [-0.1, -0.05) is 18.2 Å². The van der Waals surface area contributed by atoms with Crippen molar-refractivity contribution < 1.29 is 18.0 Å². The second-order valence-electron chi connectivity index (χ2n) is 7.33. The molecule has 1 saturated heterocycles. The van der Waals surface area contributed by atoms with Gasteiger partial charge in [0, 0.05) is 38.3 Å². The van der Waals surface area contributed by atoms with Crippen LogP contribution < -0.4 is 11.1 Å². The van der Waals surface area contributed by atoms with Crippen molar-refractivity contribution in [3.05, 3.63) is 53.6 Å². The number of carbonyl (C=O) groups is 2. The van der Waals surface area contributed by atoms with Crippen LogP contribution in [-0.4, -0.2) is 71.0 Å². The summed E-state index contributed by atoms with van der Waals surface area (Å²) >= 11 is 0.975. The molecule has 4 rings (SSSR count). The maximum absolute atomic E-state index is 13.1. The monoisotopic (exact) mass is 474 g/mol. The molecule has 1 aliphatic heterocycles. The van der Waals surface area contributed by atoms with E-state index in [9.17, 15) is 18.0 Å². The minimum atomic E-state index is -3.73. The Morgan fingerprint density at radius 2 is 1.81 bits per heavy atom. The highest BCUT2D eigenvalue weighted by Crippen LogP contribution is 2.25. The lowest BCUT2D eigenvalue weighted by Gasteiger charge is -2.34. The molecule has 168 valence electrons. The van der Waals surface area contributed by atoms with E-state index in [0.717, 1.165) is 17.3 Å². The molecule has 0 spiro atoms. The summed E-state index contributed by atoms with van der Waals surface area (Å²) in [7, 11) is -3.73. The molecule has 0 atom stereocenters. The Morgan fingerprint density at radius 1 is 1.06 bits per heavy atom. The van der Waals surface area contributed by atoms with Gasteiger partial charge in [-0.05, 0) is 36.2 Å². The van der Waals surface area contributed by atoms with Gasteiger partial charge < -0.3 is 16.0 Å². The number of rotatable bonds is 6. The lowest BCUT2D eigenvalue weighted by Crippen LogP contribution is -2.53. The lowest BCUT2D eigenvalue weighted by atomic mass is 10.1. The van der Waals surface area contributed by atoms with Crippen LogP contribution in [0.5, 0.6) is 0 Å². The second-order valence-corrected chi connectivity index (χ2v) is 9.76. The minimum Gasteiger partial charge on any atom is -0.366 e. The Hall–Kier alpha value is -3.09. The van der Waals surface area contributed by atoms with Gasteiger partial charge in [-0.2, -0.15) is 13.1 Å². The number of aromatic nitrogens is 2. The molecule has 3 N–H and O–H groups in total. The first-order valence-corrected chi connectivity index (χ1v) is 12.2. The first-order chi connectivity index (χ1) is 15.4. The zero-order valence-electron chi connectivity index (χ0n) is 17.1. The van der Waals surface area contributed by atoms with E-state index in [2.05, 4.69) is 14.1 Å². The minimum absolute atomic E-state index is 0.139. The number of sulfonamides is 1. The van der Waals surface area contributed by atoms with Gasteiger partial charge >= 0.3 is 6.03 Å². The van der Waals surface area contributed by atoms with Crippen LogP contribution in [0.4, 0.5) is 4.79 Å². The number of nitrogens with two attached hydrogens (primary N) is 1. The summed E-state index contributed by atoms with van der Waals surface area (Å²) in [5.41, 5.74) is 7.53. The van der Waals surface area contributed by atoms with Gasteiger partial charge in [0.1, 0.15) is 15.9 Å². The number of nitrogens with one attached hydrogen (secondary N) is 1. The van der Waals surface area contributed by atoms with Crippen LogP contribution in [0.1, 0.15) is 15.9 Å².